The molecule has 0 saturated heterocycles. The maximum absolute atomic E-state index is 13.1. The van der Waals surface area contributed by atoms with E-state index in [2.05, 4.69) is 5.32 Å². The summed E-state index contributed by atoms with van der Waals surface area (Å²) in [6.07, 6.45) is 2.14. The van der Waals surface area contributed by atoms with Crippen molar-refractivity contribution in [1.82, 2.24) is 4.90 Å². The molecule has 0 spiro atoms. The van der Waals surface area contributed by atoms with Gasteiger partial charge in [0.15, 0.2) is 0 Å². The van der Waals surface area contributed by atoms with E-state index in [1.54, 1.807) is 12.1 Å². The number of para-hydroxylation sites is 1. The molecule has 4 rings (SSSR count). The standard InChI is InChI=1S/C20H19FN2O2S/c21-14-7-5-13(6-8-14)12-23(15-9-10-15)19(24)11-18-20(25)22-16-3-1-2-4-17(16)26-18/h1-8,15,18H,9-12H2,(H,22,25). The zero-order chi connectivity index (χ0) is 18.1. The van der Waals surface area contributed by atoms with Gasteiger partial charge in [-0.25, -0.2) is 4.39 Å². The fourth-order valence-corrected chi connectivity index (χ4v) is 4.20. The molecule has 1 atom stereocenters. The Balaban J connectivity index is 1.45. The average molecular weight is 370 g/mol. The van der Waals surface area contributed by atoms with E-state index in [-0.39, 0.29) is 30.1 Å². The summed E-state index contributed by atoms with van der Waals surface area (Å²) in [7, 11) is 0. The van der Waals surface area contributed by atoms with E-state index in [1.807, 2.05) is 29.2 Å². The predicted molar refractivity (Wildman–Crippen MR) is 99.3 cm³/mol. The molecule has 1 fully saturated rings. The number of benzene rings is 2. The van der Waals surface area contributed by atoms with Gasteiger partial charge in [0.1, 0.15) is 5.82 Å². The van der Waals surface area contributed by atoms with Crippen molar-refractivity contribution in [2.45, 2.75) is 42.0 Å². The van der Waals surface area contributed by atoms with E-state index in [0.717, 1.165) is 29.0 Å². The van der Waals surface area contributed by atoms with Gasteiger partial charge in [0, 0.05) is 23.9 Å². The molecule has 0 bridgehead atoms. The van der Waals surface area contributed by atoms with Gasteiger partial charge in [-0.2, -0.15) is 0 Å². The molecule has 1 unspecified atom stereocenters. The molecule has 1 saturated carbocycles. The van der Waals surface area contributed by atoms with Crippen LogP contribution in [0.1, 0.15) is 24.8 Å². The van der Waals surface area contributed by atoms with E-state index < -0.39 is 5.25 Å². The fraction of sp³-hybridized carbons (Fsp3) is 0.300. The highest BCUT2D eigenvalue weighted by Gasteiger charge is 2.36. The van der Waals surface area contributed by atoms with Crippen molar-refractivity contribution in [2.75, 3.05) is 5.32 Å². The number of anilines is 1. The molecule has 2 aliphatic rings. The molecule has 4 nitrogen and oxygen atoms in total. The number of rotatable bonds is 5. The van der Waals surface area contributed by atoms with Crippen LogP contribution in [-0.4, -0.2) is 28.0 Å². The van der Waals surface area contributed by atoms with Crippen LogP contribution in [-0.2, 0) is 16.1 Å². The highest BCUT2D eigenvalue weighted by Crippen LogP contribution is 2.37. The predicted octanol–water partition coefficient (Wildman–Crippen LogP) is 3.82. The molecule has 6 heteroatoms. The minimum Gasteiger partial charge on any atom is -0.335 e. The van der Waals surface area contributed by atoms with E-state index in [0.29, 0.717) is 6.54 Å². The number of fused-ring (bicyclic) bond motifs is 1. The highest BCUT2D eigenvalue weighted by molar-refractivity contribution is 8.01. The minimum atomic E-state index is -0.424. The van der Waals surface area contributed by atoms with E-state index in [4.69, 9.17) is 0 Å². The molecule has 1 heterocycles. The monoisotopic (exact) mass is 370 g/mol. The van der Waals surface area contributed by atoms with Crippen molar-refractivity contribution in [1.29, 1.82) is 0 Å². The van der Waals surface area contributed by atoms with Gasteiger partial charge in [-0.3, -0.25) is 9.59 Å². The zero-order valence-electron chi connectivity index (χ0n) is 14.2. The van der Waals surface area contributed by atoms with Crippen molar-refractivity contribution < 1.29 is 14.0 Å². The van der Waals surface area contributed by atoms with Crippen LogP contribution in [0.3, 0.4) is 0 Å². The van der Waals surface area contributed by atoms with Crippen molar-refractivity contribution in [3.05, 3.63) is 59.9 Å². The van der Waals surface area contributed by atoms with Gasteiger partial charge in [-0.15, -0.1) is 11.8 Å². The lowest BCUT2D eigenvalue weighted by molar-refractivity contribution is -0.133. The van der Waals surface area contributed by atoms with Crippen LogP contribution in [0.25, 0.3) is 0 Å². The number of nitrogens with zero attached hydrogens (tertiary/aromatic N) is 1. The first-order chi connectivity index (χ1) is 12.6. The third-order valence-electron chi connectivity index (χ3n) is 4.64. The summed E-state index contributed by atoms with van der Waals surface area (Å²) in [5, 5.41) is 2.46. The van der Waals surface area contributed by atoms with Crippen LogP contribution < -0.4 is 5.32 Å². The smallest absolute Gasteiger partial charge is 0.238 e. The summed E-state index contributed by atoms with van der Waals surface area (Å²) in [5.41, 5.74) is 1.70. The summed E-state index contributed by atoms with van der Waals surface area (Å²) in [6.45, 7) is 0.458. The minimum absolute atomic E-state index is 0.0242. The van der Waals surface area contributed by atoms with Crippen LogP contribution in [0.15, 0.2) is 53.4 Å². The molecular formula is C20H19FN2O2S. The molecular weight excluding hydrogens is 351 g/mol. The first kappa shape index (κ1) is 17.1. The Morgan fingerprint density at radius 1 is 1.15 bits per heavy atom. The number of carbonyl (C=O) groups excluding carboxylic acids is 2. The third kappa shape index (κ3) is 3.75. The zero-order valence-corrected chi connectivity index (χ0v) is 15.0. The number of nitrogens with one attached hydrogen (secondary N) is 1. The molecule has 134 valence electrons. The Bertz CT molecular complexity index is 836. The maximum Gasteiger partial charge on any atom is 0.238 e. The number of thioether (sulfide) groups is 1. The molecule has 2 aromatic rings. The maximum atomic E-state index is 13.1. The van der Waals surface area contributed by atoms with Crippen LogP contribution in [0.5, 0.6) is 0 Å². The van der Waals surface area contributed by atoms with Gasteiger partial charge < -0.3 is 10.2 Å². The van der Waals surface area contributed by atoms with Gasteiger partial charge in [-0.1, -0.05) is 24.3 Å². The molecule has 2 aromatic carbocycles. The average Bonchev–Trinajstić information content (AvgIpc) is 3.46. The van der Waals surface area contributed by atoms with Crippen LogP contribution in [0.4, 0.5) is 10.1 Å². The van der Waals surface area contributed by atoms with Gasteiger partial charge >= 0.3 is 0 Å². The topological polar surface area (TPSA) is 49.4 Å². The van der Waals surface area contributed by atoms with Gasteiger partial charge in [-0.05, 0) is 42.7 Å². The second-order valence-electron chi connectivity index (χ2n) is 6.68. The van der Waals surface area contributed by atoms with Gasteiger partial charge in [0.05, 0.1) is 10.9 Å². The summed E-state index contributed by atoms with van der Waals surface area (Å²) in [5.74, 6) is -0.435. The first-order valence-electron chi connectivity index (χ1n) is 8.70. The summed E-state index contributed by atoms with van der Waals surface area (Å²) in [4.78, 5) is 28.1. The van der Waals surface area contributed by atoms with Gasteiger partial charge in [0.25, 0.3) is 0 Å². The molecule has 1 aliphatic carbocycles. The molecule has 2 amide bonds. The van der Waals surface area contributed by atoms with Crippen molar-refractivity contribution >= 4 is 29.3 Å². The van der Waals surface area contributed by atoms with Crippen molar-refractivity contribution in [3.8, 4) is 0 Å². The lowest BCUT2D eigenvalue weighted by atomic mass is 10.1. The van der Waals surface area contributed by atoms with Crippen LogP contribution in [0.2, 0.25) is 0 Å². The number of amides is 2. The second-order valence-corrected chi connectivity index (χ2v) is 7.92. The SMILES string of the molecule is O=C1Nc2ccccc2SC1CC(=O)N(Cc1ccc(F)cc1)C1CC1. The third-order valence-corrected chi connectivity index (χ3v) is 5.92. The summed E-state index contributed by atoms with van der Waals surface area (Å²) in [6, 6.07) is 14.1. The van der Waals surface area contributed by atoms with E-state index >= 15 is 0 Å². The van der Waals surface area contributed by atoms with Crippen molar-refractivity contribution in [2.24, 2.45) is 0 Å². The molecule has 0 aromatic heterocycles. The number of carbonyl (C=O) groups is 2. The molecule has 1 aliphatic heterocycles. The quantitative estimate of drug-likeness (QED) is 0.870. The van der Waals surface area contributed by atoms with Crippen molar-refractivity contribution in [3.63, 3.8) is 0 Å². The largest absolute Gasteiger partial charge is 0.335 e. The van der Waals surface area contributed by atoms with Crippen LogP contribution >= 0.6 is 11.8 Å². The summed E-state index contributed by atoms with van der Waals surface area (Å²) < 4.78 is 13.1. The Labute approximate surface area is 155 Å². The Kier molecular flexibility index (Phi) is 4.68. The highest BCUT2D eigenvalue weighted by atomic mass is 32.2. The number of hydrogen-bond donors (Lipinski definition) is 1. The van der Waals surface area contributed by atoms with Gasteiger partial charge in [0.2, 0.25) is 11.8 Å². The summed E-state index contributed by atoms with van der Waals surface area (Å²) >= 11 is 1.44. The fourth-order valence-electron chi connectivity index (χ4n) is 3.10. The first-order valence-corrected chi connectivity index (χ1v) is 9.58. The van der Waals surface area contributed by atoms with E-state index in [1.165, 1.54) is 23.9 Å². The van der Waals surface area contributed by atoms with E-state index in [9.17, 15) is 14.0 Å². The lowest BCUT2D eigenvalue weighted by Crippen LogP contribution is -2.38. The number of halogens is 1. The Morgan fingerprint density at radius 2 is 1.88 bits per heavy atom. The second kappa shape index (κ2) is 7.11. The Morgan fingerprint density at radius 3 is 2.62 bits per heavy atom. The molecule has 0 radical (unpaired) electrons. The lowest BCUT2D eigenvalue weighted by Gasteiger charge is -2.27. The Hall–Kier alpha value is -2.34. The molecule has 26 heavy (non-hydrogen) atoms. The number of hydrogen-bond acceptors (Lipinski definition) is 3. The van der Waals surface area contributed by atoms with Crippen LogP contribution in [0, 0.1) is 5.82 Å². The molecule has 1 N–H and O–H groups in total. The normalized spacial score (nSPS) is 18.8.